The van der Waals surface area contributed by atoms with Crippen LogP contribution in [0.4, 0.5) is 11.6 Å². The fraction of sp³-hybridized carbons (Fsp3) is 0.333. The first-order valence-electron chi connectivity index (χ1n) is 7.30. The maximum atomic E-state index is 12.1. The van der Waals surface area contributed by atoms with E-state index >= 15 is 0 Å². The molecule has 0 atom stereocenters. The van der Waals surface area contributed by atoms with Crippen LogP contribution in [0.5, 0.6) is 0 Å². The van der Waals surface area contributed by atoms with Gasteiger partial charge in [0, 0.05) is 25.4 Å². The normalized spacial score (nSPS) is 14.6. The van der Waals surface area contributed by atoms with Gasteiger partial charge in [0.15, 0.2) is 0 Å². The number of aromatic nitrogens is 3. The molecule has 0 aliphatic carbocycles. The molecule has 0 spiro atoms. The van der Waals surface area contributed by atoms with Gasteiger partial charge in [-0.25, -0.2) is 9.97 Å². The Morgan fingerprint density at radius 1 is 1.23 bits per heavy atom. The lowest BCUT2D eigenvalue weighted by atomic mass is 10.1. The molecule has 2 aromatic heterocycles. The number of H-pyrrole nitrogens is 1. The molecule has 3 rings (SSSR count). The number of pyridine rings is 1. The highest BCUT2D eigenvalue weighted by molar-refractivity contribution is 6.03. The van der Waals surface area contributed by atoms with Crippen LogP contribution < -0.4 is 15.8 Å². The van der Waals surface area contributed by atoms with E-state index in [4.69, 9.17) is 0 Å². The third kappa shape index (κ3) is 3.13. The molecule has 0 unspecified atom stereocenters. The molecule has 1 aliphatic rings. The van der Waals surface area contributed by atoms with Crippen LogP contribution in [-0.4, -0.2) is 33.9 Å². The zero-order valence-electron chi connectivity index (χ0n) is 12.1. The molecule has 22 heavy (non-hydrogen) atoms. The van der Waals surface area contributed by atoms with Gasteiger partial charge in [0.2, 0.25) is 0 Å². The number of hydrogen-bond acceptors (Lipinski definition) is 5. The second-order valence-corrected chi connectivity index (χ2v) is 5.18. The van der Waals surface area contributed by atoms with Gasteiger partial charge in [-0.1, -0.05) is 0 Å². The molecule has 1 amide bonds. The zero-order valence-corrected chi connectivity index (χ0v) is 12.1. The molecule has 0 radical (unpaired) electrons. The number of rotatable bonds is 3. The topological polar surface area (TPSA) is 91.0 Å². The molecule has 114 valence electrons. The van der Waals surface area contributed by atoms with Crippen molar-refractivity contribution in [2.45, 2.75) is 19.3 Å². The number of carbonyl (C=O) groups is 1. The van der Waals surface area contributed by atoms with Crippen molar-refractivity contribution >= 4 is 17.5 Å². The summed E-state index contributed by atoms with van der Waals surface area (Å²) in [6, 6.07) is 4.82. The highest BCUT2D eigenvalue weighted by Gasteiger charge is 2.15. The molecule has 1 aliphatic heterocycles. The van der Waals surface area contributed by atoms with E-state index in [9.17, 15) is 9.59 Å². The Kier molecular flexibility index (Phi) is 4.13. The van der Waals surface area contributed by atoms with Crippen molar-refractivity contribution in [3.8, 4) is 0 Å². The van der Waals surface area contributed by atoms with Crippen molar-refractivity contribution in [1.29, 1.82) is 0 Å². The van der Waals surface area contributed by atoms with Crippen LogP contribution in [0.25, 0.3) is 0 Å². The van der Waals surface area contributed by atoms with Crippen molar-refractivity contribution in [2.75, 3.05) is 23.3 Å². The van der Waals surface area contributed by atoms with Gasteiger partial charge in [-0.15, -0.1) is 0 Å². The molecule has 2 N–H and O–H groups in total. The van der Waals surface area contributed by atoms with Gasteiger partial charge >= 0.3 is 0 Å². The minimum absolute atomic E-state index is 0.0561. The fourth-order valence-corrected chi connectivity index (χ4v) is 2.50. The zero-order chi connectivity index (χ0) is 15.4. The van der Waals surface area contributed by atoms with Crippen LogP contribution >= 0.6 is 0 Å². The predicted molar refractivity (Wildman–Crippen MR) is 83.1 cm³/mol. The van der Waals surface area contributed by atoms with Gasteiger partial charge in [0.1, 0.15) is 23.5 Å². The smallest absolute Gasteiger partial charge is 0.262 e. The first-order valence-corrected chi connectivity index (χ1v) is 7.30. The number of nitrogens with one attached hydrogen (secondary N) is 2. The number of hydrogen-bond donors (Lipinski definition) is 2. The van der Waals surface area contributed by atoms with Gasteiger partial charge in [-0.3, -0.25) is 9.59 Å². The second-order valence-electron chi connectivity index (χ2n) is 5.18. The van der Waals surface area contributed by atoms with E-state index in [1.165, 1.54) is 25.0 Å². The lowest BCUT2D eigenvalue weighted by Crippen LogP contribution is -2.30. The fourth-order valence-electron chi connectivity index (χ4n) is 2.50. The van der Waals surface area contributed by atoms with E-state index in [-0.39, 0.29) is 5.56 Å². The van der Waals surface area contributed by atoms with Crippen LogP contribution in [0.2, 0.25) is 0 Å². The summed E-state index contributed by atoms with van der Waals surface area (Å²) in [7, 11) is 0. The molecule has 1 saturated heterocycles. The Balaban J connectivity index is 1.76. The molecule has 7 nitrogen and oxygen atoms in total. The quantitative estimate of drug-likeness (QED) is 0.894. The summed E-state index contributed by atoms with van der Waals surface area (Å²) < 4.78 is 0. The Morgan fingerprint density at radius 3 is 2.82 bits per heavy atom. The Hall–Kier alpha value is -2.70. The van der Waals surface area contributed by atoms with E-state index in [0.29, 0.717) is 5.82 Å². The third-order valence-corrected chi connectivity index (χ3v) is 3.64. The third-order valence-electron chi connectivity index (χ3n) is 3.64. The van der Waals surface area contributed by atoms with E-state index in [0.717, 1.165) is 31.7 Å². The van der Waals surface area contributed by atoms with E-state index in [1.54, 1.807) is 12.1 Å². The number of amides is 1. The lowest BCUT2D eigenvalue weighted by Gasteiger charge is -2.27. The van der Waals surface area contributed by atoms with Gasteiger partial charge in [0.25, 0.3) is 11.5 Å². The first-order chi connectivity index (χ1) is 10.7. The van der Waals surface area contributed by atoms with Gasteiger partial charge in [-0.2, -0.15) is 0 Å². The monoisotopic (exact) mass is 299 g/mol. The van der Waals surface area contributed by atoms with Crippen molar-refractivity contribution in [2.24, 2.45) is 0 Å². The maximum Gasteiger partial charge on any atom is 0.262 e. The van der Waals surface area contributed by atoms with Crippen molar-refractivity contribution in [3.05, 3.63) is 46.6 Å². The van der Waals surface area contributed by atoms with Crippen LogP contribution in [0.15, 0.2) is 35.5 Å². The molecule has 1 fully saturated rings. The van der Waals surface area contributed by atoms with Crippen LogP contribution in [0.3, 0.4) is 0 Å². The summed E-state index contributed by atoms with van der Waals surface area (Å²) >= 11 is 0. The predicted octanol–water partition coefficient (Wildman–Crippen LogP) is 1.41. The highest BCUT2D eigenvalue weighted by Crippen LogP contribution is 2.19. The van der Waals surface area contributed by atoms with E-state index < -0.39 is 11.5 Å². The molecule has 2 aromatic rings. The van der Waals surface area contributed by atoms with Gasteiger partial charge in [0.05, 0.1) is 0 Å². The minimum Gasteiger partial charge on any atom is -0.356 e. The molecule has 7 heteroatoms. The van der Waals surface area contributed by atoms with Crippen LogP contribution in [0.1, 0.15) is 29.6 Å². The van der Waals surface area contributed by atoms with Crippen LogP contribution in [-0.2, 0) is 0 Å². The summed E-state index contributed by atoms with van der Waals surface area (Å²) in [5.74, 6) is 0.709. The SMILES string of the molecule is O=C(Nc1cc(N2CCCCC2)ncn1)c1ccc[nH]c1=O. The largest absolute Gasteiger partial charge is 0.356 e. The highest BCUT2D eigenvalue weighted by atomic mass is 16.2. The maximum absolute atomic E-state index is 12.1. The summed E-state index contributed by atoms with van der Waals surface area (Å²) in [4.78, 5) is 36.7. The average Bonchev–Trinajstić information content (AvgIpc) is 2.56. The number of piperidine rings is 1. The van der Waals surface area contributed by atoms with Crippen LogP contribution in [0, 0.1) is 0 Å². The molecule has 0 saturated carbocycles. The number of nitrogens with zero attached hydrogens (tertiary/aromatic N) is 3. The summed E-state index contributed by atoms with van der Waals surface area (Å²) in [5.41, 5.74) is -0.369. The Labute approximate surface area is 127 Å². The van der Waals surface area contributed by atoms with E-state index in [2.05, 4.69) is 25.2 Å². The summed E-state index contributed by atoms with van der Waals surface area (Å²) in [6.45, 7) is 1.92. The molecule has 0 aromatic carbocycles. The first kappa shape index (κ1) is 14.2. The number of anilines is 2. The van der Waals surface area contributed by atoms with Crippen molar-refractivity contribution < 1.29 is 4.79 Å². The lowest BCUT2D eigenvalue weighted by molar-refractivity contribution is 0.102. The molecular formula is C15H17N5O2. The second kappa shape index (κ2) is 6.38. The van der Waals surface area contributed by atoms with Crippen molar-refractivity contribution in [1.82, 2.24) is 15.0 Å². The van der Waals surface area contributed by atoms with Gasteiger partial charge < -0.3 is 15.2 Å². The molecule has 3 heterocycles. The molecular weight excluding hydrogens is 282 g/mol. The van der Waals surface area contributed by atoms with E-state index in [1.807, 2.05) is 0 Å². The van der Waals surface area contributed by atoms with Crippen molar-refractivity contribution in [3.63, 3.8) is 0 Å². The van der Waals surface area contributed by atoms with Gasteiger partial charge in [-0.05, 0) is 31.4 Å². The standard InChI is InChI=1S/C15H17N5O2/c21-14-11(5-4-6-16-14)15(22)19-12-9-13(18-10-17-12)20-7-2-1-3-8-20/h4-6,9-10H,1-3,7-8H2,(H,16,21)(H,17,18,19,22). The molecule has 0 bridgehead atoms. The number of carbonyl (C=O) groups excluding carboxylic acids is 1. The summed E-state index contributed by atoms with van der Waals surface area (Å²) in [6.07, 6.45) is 6.44. The number of aromatic amines is 1. The average molecular weight is 299 g/mol. The minimum atomic E-state index is -0.481. The Morgan fingerprint density at radius 2 is 2.05 bits per heavy atom. The summed E-state index contributed by atoms with van der Waals surface area (Å²) in [5, 5.41) is 2.64. The Bertz CT molecular complexity index is 722.